The number of carbonyl (C=O) groups excluding carboxylic acids is 1. The fraction of sp³-hybridized carbons (Fsp3) is 0.722. The number of anilines is 1. The molecular weight excluding hydrogens is 318 g/mol. The van der Waals surface area contributed by atoms with Gasteiger partial charge in [-0.15, -0.1) is 0 Å². The summed E-state index contributed by atoms with van der Waals surface area (Å²) in [5.74, 6) is 1.68. The molecule has 0 spiro atoms. The zero-order valence-electron chi connectivity index (χ0n) is 15.5. The first-order valence-corrected chi connectivity index (χ1v) is 9.31. The minimum Gasteiger partial charge on any atom is -0.474 e. The first kappa shape index (κ1) is 17.9. The highest BCUT2D eigenvalue weighted by atomic mass is 16.5. The van der Waals surface area contributed by atoms with Gasteiger partial charge in [-0.25, -0.2) is 0 Å². The Morgan fingerprint density at radius 1 is 1.04 bits per heavy atom. The molecule has 25 heavy (non-hydrogen) atoms. The molecule has 138 valence electrons. The molecule has 2 aliphatic rings. The number of carbonyl (C=O) groups is 1. The van der Waals surface area contributed by atoms with E-state index in [2.05, 4.69) is 19.8 Å². The van der Waals surface area contributed by atoms with Crippen LogP contribution in [0.1, 0.15) is 33.6 Å². The van der Waals surface area contributed by atoms with E-state index in [-0.39, 0.29) is 18.1 Å². The Kier molecular flexibility index (Phi) is 5.73. The lowest BCUT2D eigenvalue weighted by Crippen LogP contribution is -2.54. The molecule has 1 amide bonds. The summed E-state index contributed by atoms with van der Waals surface area (Å²) in [5.41, 5.74) is 0. The van der Waals surface area contributed by atoms with Crippen molar-refractivity contribution in [3.63, 3.8) is 0 Å². The molecule has 0 radical (unpaired) electrons. The zero-order valence-corrected chi connectivity index (χ0v) is 15.5. The fourth-order valence-electron chi connectivity index (χ4n) is 3.49. The van der Waals surface area contributed by atoms with E-state index in [0.29, 0.717) is 5.88 Å². The van der Waals surface area contributed by atoms with Crippen LogP contribution in [0.2, 0.25) is 0 Å². The van der Waals surface area contributed by atoms with E-state index >= 15 is 0 Å². The van der Waals surface area contributed by atoms with Gasteiger partial charge in [0.05, 0.1) is 24.5 Å². The van der Waals surface area contributed by atoms with Crippen molar-refractivity contribution in [3.8, 4) is 5.88 Å². The fourth-order valence-corrected chi connectivity index (χ4v) is 3.49. The second-order valence-corrected chi connectivity index (χ2v) is 7.11. The van der Waals surface area contributed by atoms with Crippen molar-refractivity contribution in [2.45, 2.75) is 45.8 Å². The Morgan fingerprint density at radius 3 is 2.36 bits per heavy atom. The van der Waals surface area contributed by atoms with Crippen molar-refractivity contribution in [1.29, 1.82) is 0 Å². The van der Waals surface area contributed by atoms with E-state index < -0.39 is 0 Å². The van der Waals surface area contributed by atoms with Crippen molar-refractivity contribution >= 4 is 11.7 Å². The second kappa shape index (κ2) is 7.99. The molecule has 2 aliphatic heterocycles. The summed E-state index contributed by atoms with van der Waals surface area (Å²) in [5, 5.41) is 0. The molecule has 1 unspecified atom stereocenters. The van der Waals surface area contributed by atoms with E-state index in [1.165, 1.54) is 0 Å². The van der Waals surface area contributed by atoms with Crippen molar-refractivity contribution in [1.82, 2.24) is 19.8 Å². The van der Waals surface area contributed by atoms with Crippen LogP contribution >= 0.6 is 0 Å². The molecule has 1 aromatic heterocycles. The predicted molar refractivity (Wildman–Crippen MR) is 96.9 cm³/mol. The van der Waals surface area contributed by atoms with Gasteiger partial charge in [-0.1, -0.05) is 0 Å². The largest absolute Gasteiger partial charge is 0.474 e. The van der Waals surface area contributed by atoms with Gasteiger partial charge in [-0.05, 0) is 33.6 Å². The topological polar surface area (TPSA) is 61.8 Å². The van der Waals surface area contributed by atoms with Gasteiger partial charge in [-0.2, -0.15) is 4.98 Å². The Hall–Kier alpha value is -1.89. The molecule has 3 heterocycles. The Balaban J connectivity index is 1.55. The van der Waals surface area contributed by atoms with Crippen LogP contribution in [0, 0.1) is 0 Å². The molecule has 7 nitrogen and oxygen atoms in total. The summed E-state index contributed by atoms with van der Waals surface area (Å²) in [6, 6.07) is -0.0399. The maximum atomic E-state index is 12.6. The molecule has 0 aromatic carbocycles. The standard InChI is InChI=1S/C18H29N5O2/c1-14(2)25-17-13-19-12-16(20-17)22-10-8-21(9-11-22)15(3)18(24)23-6-4-5-7-23/h12-15H,4-11H2,1-3H3. The number of hydrogen-bond donors (Lipinski definition) is 0. The van der Waals surface area contributed by atoms with E-state index in [1.807, 2.05) is 25.7 Å². The van der Waals surface area contributed by atoms with E-state index in [9.17, 15) is 4.79 Å². The van der Waals surface area contributed by atoms with Crippen LogP contribution in [0.15, 0.2) is 12.4 Å². The van der Waals surface area contributed by atoms with E-state index in [4.69, 9.17) is 4.74 Å². The molecule has 1 aromatic rings. The third-order valence-electron chi connectivity index (χ3n) is 4.92. The van der Waals surface area contributed by atoms with Gasteiger partial charge in [0.2, 0.25) is 11.8 Å². The summed E-state index contributed by atoms with van der Waals surface area (Å²) in [6.45, 7) is 11.2. The van der Waals surface area contributed by atoms with Crippen LogP contribution in [0.4, 0.5) is 5.82 Å². The highest BCUT2D eigenvalue weighted by molar-refractivity contribution is 5.81. The molecule has 7 heteroatoms. The lowest BCUT2D eigenvalue weighted by atomic mass is 10.2. The average molecular weight is 347 g/mol. The molecule has 3 rings (SSSR count). The number of aromatic nitrogens is 2. The Bertz CT molecular complexity index is 581. The van der Waals surface area contributed by atoms with Gasteiger partial charge in [0.15, 0.2) is 5.82 Å². The van der Waals surface area contributed by atoms with Gasteiger partial charge in [0.25, 0.3) is 0 Å². The van der Waals surface area contributed by atoms with Crippen LogP contribution < -0.4 is 9.64 Å². The normalized spacial score (nSPS) is 20.2. The van der Waals surface area contributed by atoms with Crippen LogP contribution in [0.3, 0.4) is 0 Å². The minimum absolute atomic E-state index is 0.0399. The maximum absolute atomic E-state index is 12.6. The predicted octanol–water partition coefficient (Wildman–Crippen LogP) is 1.40. The molecule has 0 bridgehead atoms. The summed E-state index contributed by atoms with van der Waals surface area (Å²) in [6.07, 6.45) is 5.79. The number of nitrogens with zero attached hydrogens (tertiary/aromatic N) is 5. The molecule has 0 N–H and O–H groups in total. The number of rotatable bonds is 5. The second-order valence-electron chi connectivity index (χ2n) is 7.11. The Labute approximate surface area is 150 Å². The molecular formula is C18H29N5O2. The van der Waals surface area contributed by atoms with Gasteiger partial charge in [-0.3, -0.25) is 14.7 Å². The number of piperazine rings is 1. The molecule has 0 aliphatic carbocycles. The number of amides is 1. The van der Waals surface area contributed by atoms with Gasteiger partial charge in [0, 0.05) is 39.3 Å². The van der Waals surface area contributed by atoms with E-state index in [1.54, 1.807) is 12.4 Å². The third-order valence-corrected chi connectivity index (χ3v) is 4.92. The molecule has 0 saturated carbocycles. The highest BCUT2D eigenvalue weighted by Crippen LogP contribution is 2.19. The quantitative estimate of drug-likeness (QED) is 0.802. The molecule has 2 saturated heterocycles. The van der Waals surface area contributed by atoms with Gasteiger partial charge < -0.3 is 14.5 Å². The molecule has 2 fully saturated rings. The monoisotopic (exact) mass is 347 g/mol. The summed E-state index contributed by atoms with van der Waals surface area (Å²) < 4.78 is 5.63. The third kappa shape index (κ3) is 4.39. The SMILES string of the molecule is CC(C)Oc1cncc(N2CCN(C(C)C(=O)N3CCCC3)CC2)n1. The summed E-state index contributed by atoms with van der Waals surface area (Å²) in [7, 11) is 0. The highest BCUT2D eigenvalue weighted by Gasteiger charge is 2.30. The van der Waals surface area contributed by atoms with Gasteiger partial charge >= 0.3 is 0 Å². The lowest BCUT2D eigenvalue weighted by molar-refractivity contribution is -0.135. The van der Waals surface area contributed by atoms with Gasteiger partial charge in [0.1, 0.15) is 0 Å². The van der Waals surface area contributed by atoms with Crippen molar-refractivity contribution in [3.05, 3.63) is 12.4 Å². The van der Waals surface area contributed by atoms with Crippen LogP contribution in [-0.4, -0.2) is 77.1 Å². The lowest BCUT2D eigenvalue weighted by Gasteiger charge is -2.38. The minimum atomic E-state index is -0.0399. The summed E-state index contributed by atoms with van der Waals surface area (Å²) in [4.78, 5) is 27.9. The Morgan fingerprint density at radius 2 is 1.72 bits per heavy atom. The zero-order chi connectivity index (χ0) is 17.8. The number of hydrogen-bond acceptors (Lipinski definition) is 6. The van der Waals surface area contributed by atoms with Crippen LogP contribution in [0.5, 0.6) is 5.88 Å². The number of ether oxygens (including phenoxy) is 1. The summed E-state index contributed by atoms with van der Waals surface area (Å²) >= 11 is 0. The average Bonchev–Trinajstić information content (AvgIpc) is 3.15. The number of likely N-dealkylation sites (tertiary alicyclic amines) is 1. The smallest absolute Gasteiger partial charge is 0.239 e. The van der Waals surface area contributed by atoms with Crippen LogP contribution in [0.25, 0.3) is 0 Å². The van der Waals surface area contributed by atoms with Crippen molar-refractivity contribution in [2.75, 3.05) is 44.2 Å². The first-order chi connectivity index (χ1) is 12.0. The first-order valence-electron chi connectivity index (χ1n) is 9.31. The van der Waals surface area contributed by atoms with E-state index in [0.717, 1.165) is 57.9 Å². The molecule has 1 atom stereocenters. The van der Waals surface area contributed by atoms with Crippen molar-refractivity contribution in [2.24, 2.45) is 0 Å². The van der Waals surface area contributed by atoms with Crippen molar-refractivity contribution < 1.29 is 9.53 Å². The van der Waals surface area contributed by atoms with Crippen LogP contribution in [-0.2, 0) is 4.79 Å². The maximum Gasteiger partial charge on any atom is 0.239 e.